The highest BCUT2D eigenvalue weighted by molar-refractivity contribution is 5.86. The minimum atomic E-state index is -0.577. The monoisotopic (exact) mass is 420 g/mol. The number of aromatic nitrogens is 2. The van der Waals surface area contributed by atoms with Gasteiger partial charge in [-0.1, -0.05) is 0 Å². The van der Waals surface area contributed by atoms with Crippen LogP contribution in [0.4, 0.5) is 4.79 Å². The zero-order valence-electron chi connectivity index (χ0n) is 18.2. The van der Waals surface area contributed by atoms with E-state index in [-0.39, 0.29) is 18.1 Å². The molecule has 9 heteroatoms. The summed E-state index contributed by atoms with van der Waals surface area (Å²) in [5.74, 6) is 0.765. The average Bonchev–Trinajstić information content (AvgIpc) is 3.19. The number of hydrogen-bond donors (Lipinski definition) is 1. The third kappa shape index (κ3) is 5.96. The Morgan fingerprint density at radius 1 is 1.10 bits per heavy atom. The number of carbonyl (C=O) groups excluding carboxylic acids is 2. The van der Waals surface area contributed by atoms with Gasteiger partial charge < -0.3 is 19.5 Å². The van der Waals surface area contributed by atoms with Crippen LogP contribution in [0.25, 0.3) is 0 Å². The number of carbonyl (C=O) groups is 2. The number of likely N-dealkylation sites (tertiary alicyclic amines) is 1. The van der Waals surface area contributed by atoms with E-state index in [1.54, 1.807) is 11.1 Å². The summed E-state index contributed by atoms with van der Waals surface area (Å²) in [5.41, 5.74) is -0.577. The highest BCUT2D eigenvalue weighted by atomic mass is 16.6. The first kappa shape index (κ1) is 22.1. The standard InChI is InChI=1S/C21H32N4O5/c1-21(2,3)30-20(27)25-11-5-6-16(25)19(26)23-14-7-9-15(10-8-14)29-18-13-22-12-17(24-18)28-4/h12-16H,5-11H2,1-4H3,(H,23,26). The molecule has 1 atom stereocenters. The van der Waals surface area contributed by atoms with Gasteiger partial charge in [-0.2, -0.15) is 4.98 Å². The van der Waals surface area contributed by atoms with Gasteiger partial charge in [0, 0.05) is 12.6 Å². The fraction of sp³-hybridized carbons (Fsp3) is 0.714. The summed E-state index contributed by atoms with van der Waals surface area (Å²) >= 11 is 0. The van der Waals surface area contributed by atoms with Gasteiger partial charge in [0.1, 0.15) is 17.7 Å². The van der Waals surface area contributed by atoms with Crippen LogP contribution in [-0.2, 0) is 9.53 Å². The Kier molecular flexibility index (Phi) is 6.99. The summed E-state index contributed by atoms with van der Waals surface area (Å²) < 4.78 is 16.4. The van der Waals surface area contributed by atoms with Crippen molar-refractivity contribution < 1.29 is 23.8 Å². The molecule has 166 valence electrons. The summed E-state index contributed by atoms with van der Waals surface area (Å²) in [6.07, 6.45) is 7.43. The zero-order valence-corrected chi connectivity index (χ0v) is 18.2. The van der Waals surface area contributed by atoms with Crippen molar-refractivity contribution in [3.8, 4) is 11.8 Å². The Labute approximate surface area is 177 Å². The van der Waals surface area contributed by atoms with Gasteiger partial charge in [-0.05, 0) is 59.3 Å². The van der Waals surface area contributed by atoms with Crippen molar-refractivity contribution in [3.63, 3.8) is 0 Å². The van der Waals surface area contributed by atoms with Crippen LogP contribution in [0.3, 0.4) is 0 Å². The lowest BCUT2D eigenvalue weighted by atomic mass is 9.92. The third-order valence-corrected chi connectivity index (χ3v) is 5.29. The second-order valence-corrected chi connectivity index (χ2v) is 8.83. The Morgan fingerprint density at radius 3 is 2.47 bits per heavy atom. The second kappa shape index (κ2) is 9.49. The third-order valence-electron chi connectivity index (χ3n) is 5.29. The van der Waals surface area contributed by atoms with E-state index in [1.807, 2.05) is 20.8 Å². The van der Waals surface area contributed by atoms with Crippen LogP contribution in [-0.4, -0.2) is 64.3 Å². The molecule has 1 saturated heterocycles. The van der Waals surface area contributed by atoms with Crippen LogP contribution in [0, 0.1) is 0 Å². The van der Waals surface area contributed by atoms with E-state index in [0.717, 1.165) is 32.1 Å². The van der Waals surface area contributed by atoms with Gasteiger partial charge in [0.25, 0.3) is 0 Å². The predicted octanol–water partition coefficient (Wildman–Crippen LogP) is 2.69. The maximum atomic E-state index is 12.8. The van der Waals surface area contributed by atoms with E-state index in [9.17, 15) is 9.59 Å². The van der Waals surface area contributed by atoms with Crippen molar-refractivity contribution in [2.24, 2.45) is 0 Å². The van der Waals surface area contributed by atoms with Crippen LogP contribution in [0.2, 0.25) is 0 Å². The molecule has 0 bridgehead atoms. The van der Waals surface area contributed by atoms with E-state index >= 15 is 0 Å². The molecule has 1 aliphatic carbocycles. The highest BCUT2D eigenvalue weighted by Gasteiger charge is 2.37. The number of hydrogen-bond acceptors (Lipinski definition) is 7. The lowest BCUT2D eigenvalue weighted by Gasteiger charge is -2.32. The van der Waals surface area contributed by atoms with Crippen LogP contribution >= 0.6 is 0 Å². The molecule has 1 aromatic rings. The van der Waals surface area contributed by atoms with Crippen molar-refractivity contribution >= 4 is 12.0 Å². The topological polar surface area (TPSA) is 103 Å². The molecule has 0 aromatic carbocycles. The number of nitrogens with zero attached hydrogens (tertiary/aromatic N) is 3. The number of ether oxygens (including phenoxy) is 3. The molecule has 1 unspecified atom stereocenters. The first-order chi connectivity index (χ1) is 14.2. The van der Waals surface area contributed by atoms with Gasteiger partial charge in [-0.25, -0.2) is 4.79 Å². The normalized spacial score (nSPS) is 24.3. The summed E-state index contributed by atoms with van der Waals surface area (Å²) in [7, 11) is 1.54. The SMILES string of the molecule is COc1cncc(OC2CCC(NC(=O)C3CCCN3C(=O)OC(C)(C)C)CC2)n1. The lowest BCUT2D eigenvalue weighted by molar-refractivity contribution is -0.126. The van der Waals surface area contributed by atoms with E-state index in [2.05, 4.69) is 15.3 Å². The quantitative estimate of drug-likeness (QED) is 0.781. The molecule has 1 aromatic heterocycles. The molecule has 0 radical (unpaired) electrons. The van der Waals surface area contributed by atoms with Crippen molar-refractivity contribution in [1.82, 2.24) is 20.2 Å². The maximum Gasteiger partial charge on any atom is 0.410 e. The highest BCUT2D eigenvalue weighted by Crippen LogP contribution is 2.25. The smallest absolute Gasteiger partial charge is 0.410 e. The van der Waals surface area contributed by atoms with Gasteiger partial charge in [0.05, 0.1) is 19.5 Å². The van der Waals surface area contributed by atoms with E-state index in [1.165, 1.54) is 13.3 Å². The minimum absolute atomic E-state index is 0.0318. The molecule has 30 heavy (non-hydrogen) atoms. The van der Waals surface area contributed by atoms with Crippen molar-refractivity contribution in [2.75, 3.05) is 13.7 Å². The molecule has 9 nitrogen and oxygen atoms in total. The maximum absolute atomic E-state index is 12.8. The molecule has 1 saturated carbocycles. The molecule has 2 fully saturated rings. The van der Waals surface area contributed by atoms with Crippen LogP contribution in [0.1, 0.15) is 59.3 Å². The van der Waals surface area contributed by atoms with Crippen molar-refractivity contribution in [2.45, 2.75) is 83.1 Å². The Balaban J connectivity index is 1.47. The average molecular weight is 421 g/mol. The molecular weight excluding hydrogens is 388 g/mol. The molecule has 2 heterocycles. The van der Waals surface area contributed by atoms with Gasteiger partial charge in [-0.3, -0.25) is 14.7 Å². The number of methoxy groups -OCH3 is 1. The van der Waals surface area contributed by atoms with E-state index in [0.29, 0.717) is 24.7 Å². The van der Waals surface area contributed by atoms with Crippen molar-refractivity contribution in [3.05, 3.63) is 12.4 Å². The number of amides is 2. The Morgan fingerprint density at radius 2 is 1.80 bits per heavy atom. The molecule has 1 aliphatic heterocycles. The van der Waals surface area contributed by atoms with E-state index in [4.69, 9.17) is 14.2 Å². The van der Waals surface area contributed by atoms with Gasteiger partial charge in [0.2, 0.25) is 17.7 Å². The molecule has 2 aliphatic rings. The van der Waals surface area contributed by atoms with Crippen LogP contribution < -0.4 is 14.8 Å². The van der Waals surface area contributed by atoms with Crippen LogP contribution in [0.5, 0.6) is 11.8 Å². The summed E-state index contributed by atoms with van der Waals surface area (Å²) in [5, 5.41) is 3.12. The summed E-state index contributed by atoms with van der Waals surface area (Å²) in [6, 6.07) is -0.379. The van der Waals surface area contributed by atoms with E-state index < -0.39 is 17.7 Å². The van der Waals surface area contributed by atoms with Gasteiger partial charge in [0.15, 0.2) is 0 Å². The molecule has 0 spiro atoms. The largest absolute Gasteiger partial charge is 0.480 e. The predicted molar refractivity (Wildman–Crippen MR) is 109 cm³/mol. The molecule has 3 rings (SSSR count). The second-order valence-electron chi connectivity index (χ2n) is 8.83. The molecular formula is C21H32N4O5. The van der Waals surface area contributed by atoms with Gasteiger partial charge >= 0.3 is 6.09 Å². The Hall–Kier alpha value is -2.58. The molecule has 2 amide bonds. The Bertz CT molecular complexity index is 743. The molecule has 1 N–H and O–H groups in total. The van der Waals surface area contributed by atoms with Crippen LogP contribution in [0.15, 0.2) is 12.4 Å². The lowest BCUT2D eigenvalue weighted by Crippen LogP contribution is -2.50. The summed E-state index contributed by atoms with van der Waals surface area (Å²) in [4.78, 5) is 35.1. The first-order valence-electron chi connectivity index (χ1n) is 10.6. The zero-order chi connectivity index (χ0) is 21.7. The number of nitrogens with one attached hydrogen (secondary N) is 1. The fourth-order valence-corrected chi connectivity index (χ4v) is 3.86. The number of rotatable bonds is 5. The fourth-order valence-electron chi connectivity index (χ4n) is 3.86. The minimum Gasteiger partial charge on any atom is -0.480 e. The van der Waals surface area contributed by atoms with Gasteiger partial charge in [-0.15, -0.1) is 0 Å². The first-order valence-corrected chi connectivity index (χ1v) is 10.6. The van der Waals surface area contributed by atoms with Crippen molar-refractivity contribution in [1.29, 1.82) is 0 Å². The summed E-state index contributed by atoms with van der Waals surface area (Å²) in [6.45, 7) is 6.03.